The van der Waals surface area contributed by atoms with Crippen LogP contribution in [0.2, 0.25) is 0 Å². The molecule has 1 aliphatic rings. The molecule has 1 saturated heterocycles. The van der Waals surface area contributed by atoms with Crippen LogP contribution in [0.15, 0.2) is 24.7 Å². The number of morpholine rings is 1. The van der Waals surface area contributed by atoms with Crippen molar-refractivity contribution in [3.05, 3.63) is 45.9 Å². The van der Waals surface area contributed by atoms with Gasteiger partial charge in [0.1, 0.15) is 12.0 Å². The molecule has 1 aliphatic heterocycles. The minimum absolute atomic E-state index is 0.0134. The van der Waals surface area contributed by atoms with E-state index < -0.39 is 4.92 Å². The van der Waals surface area contributed by atoms with Gasteiger partial charge in [0.25, 0.3) is 5.69 Å². The molecule has 0 aliphatic carbocycles. The second kappa shape index (κ2) is 6.33. The first-order chi connectivity index (χ1) is 11.0. The highest BCUT2D eigenvalue weighted by Gasteiger charge is 2.24. The van der Waals surface area contributed by atoms with Gasteiger partial charge in [0.15, 0.2) is 0 Å². The van der Waals surface area contributed by atoms with Crippen molar-refractivity contribution in [1.82, 2.24) is 14.8 Å². The quantitative estimate of drug-likeness (QED) is 0.630. The third-order valence-electron chi connectivity index (χ3n) is 3.84. The molecule has 2 aromatic heterocycles. The van der Waals surface area contributed by atoms with Gasteiger partial charge in [-0.1, -0.05) is 0 Å². The standard InChI is InChI=1S/C15H19N5O3/c1-11-6-17-19(8-11)10-14-9-18(3-4-23-14)15-12(2)5-13(7-16-15)20(21)22/h5-8,14H,3-4,9-10H2,1-2H3. The van der Waals surface area contributed by atoms with E-state index in [1.54, 1.807) is 6.07 Å². The summed E-state index contributed by atoms with van der Waals surface area (Å²) in [7, 11) is 0. The molecule has 1 unspecified atom stereocenters. The molecule has 8 nitrogen and oxygen atoms in total. The lowest BCUT2D eigenvalue weighted by Crippen LogP contribution is -2.45. The minimum atomic E-state index is -0.425. The molecule has 0 bridgehead atoms. The molecule has 3 heterocycles. The van der Waals surface area contributed by atoms with E-state index in [0.717, 1.165) is 23.5 Å². The summed E-state index contributed by atoms with van der Waals surface area (Å²) in [6.45, 7) is 6.53. The third-order valence-corrected chi connectivity index (χ3v) is 3.84. The van der Waals surface area contributed by atoms with Crippen LogP contribution < -0.4 is 4.90 Å². The summed E-state index contributed by atoms with van der Waals surface area (Å²) in [5.74, 6) is 0.778. The van der Waals surface area contributed by atoms with Gasteiger partial charge in [-0.3, -0.25) is 14.8 Å². The molecule has 3 rings (SSSR count). The van der Waals surface area contributed by atoms with Crippen molar-refractivity contribution < 1.29 is 9.66 Å². The maximum atomic E-state index is 10.8. The van der Waals surface area contributed by atoms with Crippen molar-refractivity contribution in [2.75, 3.05) is 24.6 Å². The summed E-state index contributed by atoms with van der Waals surface area (Å²) in [5, 5.41) is 15.1. The Kier molecular flexibility index (Phi) is 4.24. The zero-order chi connectivity index (χ0) is 16.4. The zero-order valence-corrected chi connectivity index (χ0v) is 13.2. The number of nitrogens with zero attached hydrogens (tertiary/aromatic N) is 5. The molecular formula is C15H19N5O3. The van der Waals surface area contributed by atoms with Crippen LogP contribution >= 0.6 is 0 Å². The van der Waals surface area contributed by atoms with E-state index in [-0.39, 0.29) is 11.8 Å². The Labute approximate surface area is 133 Å². The number of nitro groups is 1. The average molecular weight is 317 g/mol. The average Bonchev–Trinajstić information content (AvgIpc) is 2.92. The molecule has 0 saturated carbocycles. The number of anilines is 1. The smallest absolute Gasteiger partial charge is 0.287 e. The lowest BCUT2D eigenvalue weighted by molar-refractivity contribution is -0.385. The molecule has 8 heteroatoms. The van der Waals surface area contributed by atoms with Crippen LogP contribution in [0.1, 0.15) is 11.1 Å². The molecule has 1 fully saturated rings. The second-order valence-electron chi connectivity index (χ2n) is 5.77. The predicted octanol–water partition coefficient (Wildman–Crippen LogP) is 1.71. The van der Waals surface area contributed by atoms with Crippen LogP contribution in [0.4, 0.5) is 11.5 Å². The number of hydrogen-bond donors (Lipinski definition) is 0. The Morgan fingerprint density at radius 1 is 1.43 bits per heavy atom. The van der Waals surface area contributed by atoms with Gasteiger partial charge in [0.05, 0.1) is 30.4 Å². The van der Waals surface area contributed by atoms with Gasteiger partial charge in [-0.2, -0.15) is 5.10 Å². The number of hydrogen-bond acceptors (Lipinski definition) is 6. The Bertz CT molecular complexity index is 715. The van der Waals surface area contributed by atoms with Crippen LogP contribution in [0, 0.1) is 24.0 Å². The highest BCUT2D eigenvalue weighted by atomic mass is 16.6. The Morgan fingerprint density at radius 2 is 2.26 bits per heavy atom. The van der Waals surface area contributed by atoms with Gasteiger partial charge in [0, 0.05) is 25.4 Å². The van der Waals surface area contributed by atoms with Gasteiger partial charge < -0.3 is 9.64 Å². The Balaban J connectivity index is 1.72. The lowest BCUT2D eigenvalue weighted by atomic mass is 10.2. The number of aromatic nitrogens is 3. The molecular weight excluding hydrogens is 298 g/mol. The molecule has 23 heavy (non-hydrogen) atoms. The molecule has 0 amide bonds. The number of rotatable bonds is 4. The number of pyridine rings is 1. The highest BCUT2D eigenvalue weighted by molar-refractivity contribution is 5.50. The summed E-state index contributed by atoms with van der Waals surface area (Å²) >= 11 is 0. The third kappa shape index (κ3) is 3.48. The van der Waals surface area contributed by atoms with E-state index in [9.17, 15) is 10.1 Å². The molecule has 2 aromatic rings. The minimum Gasteiger partial charge on any atom is -0.373 e. The van der Waals surface area contributed by atoms with Crippen LogP contribution in [0.25, 0.3) is 0 Å². The van der Waals surface area contributed by atoms with E-state index >= 15 is 0 Å². The van der Waals surface area contributed by atoms with E-state index in [4.69, 9.17) is 4.74 Å². The first-order valence-corrected chi connectivity index (χ1v) is 7.49. The van der Waals surface area contributed by atoms with Gasteiger partial charge in [-0.15, -0.1) is 0 Å². The monoisotopic (exact) mass is 317 g/mol. The van der Waals surface area contributed by atoms with E-state index in [0.29, 0.717) is 19.7 Å². The van der Waals surface area contributed by atoms with Crippen LogP contribution in [0.5, 0.6) is 0 Å². The summed E-state index contributed by atoms with van der Waals surface area (Å²) < 4.78 is 7.68. The maximum Gasteiger partial charge on any atom is 0.287 e. The Morgan fingerprint density at radius 3 is 2.91 bits per heavy atom. The van der Waals surface area contributed by atoms with Gasteiger partial charge in [-0.25, -0.2) is 4.98 Å². The largest absolute Gasteiger partial charge is 0.373 e. The first-order valence-electron chi connectivity index (χ1n) is 7.49. The van der Waals surface area contributed by atoms with E-state index in [1.807, 2.05) is 30.9 Å². The Hall–Kier alpha value is -2.48. The number of aryl methyl sites for hydroxylation is 2. The summed E-state index contributed by atoms with van der Waals surface area (Å²) in [5.41, 5.74) is 1.93. The van der Waals surface area contributed by atoms with Gasteiger partial charge in [0.2, 0.25) is 0 Å². The zero-order valence-electron chi connectivity index (χ0n) is 13.2. The lowest BCUT2D eigenvalue weighted by Gasteiger charge is -2.34. The van der Waals surface area contributed by atoms with Gasteiger partial charge >= 0.3 is 0 Å². The van der Waals surface area contributed by atoms with Crippen LogP contribution in [-0.4, -0.2) is 45.5 Å². The molecule has 0 N–H and O–H groups in total. The topological polar surface area (TPSA) is 86.3 Å². The predicted molar refractivity (Wildman–Crippen MR) is 84.5 cm³/mol. The highest BCUT2D eigenvalue weighted by Crippen LogP contribution is 2.23. The number of ether oxygens (including phenoxy) is 1. The fourth-order valence-electron chi connectivity index (χ4n) is 2.78. The first kappa shape index (κ1) is 15.4. The summed E-state index contributed by atoms with van der Waals surface area (Å²) in [6, 6.07) is 1.56. The fourth-order valence-corrected chi connectivity index (χ4v) is 2.78. The second-order valence-corrected chi connectivity index (χ2v) is 5.77. The fraction of sp³-hybridized carbons (Fsp3) is 0.467. The SMILES string of the molecule is Cc1cnn(CC2CN(c3ncc([N+](=O)[O-])cc3C)CCO2)c1. The molecule has 0 aromatic carbocycles. The van der Waals surface area contributed by atoms with Crippen molar-refractivity contribution in [3.8, 4) is 0 Å². The molecule has 1 atom stereocenters. The van der Waals surface area contributed by atoms with Crippen LogP contribution in [0.3, 0.4) is 0 Å². The summed E-state index contributed by atoms with van der Waals surface area (Å²) in [4.78, 5) is 16.8. The van der Waals surface area contributed by atoms with Crippen molar-refractivity contribution >= 4 is 11.5 Å². The molecule has 0 spiro atoms. The molecule has 122 valence electrons. The van der Waals surface area contributed by atoms with Crippen LogP contribution in [-0.2, 0) is 11.3 Å². The maximum absolute atomic E-state index is 10.8. The van der Waals surface area contributed by atoms with Crippen molar-refractivity contribution in [1.29, 1.82) is 0 Å². The van der Waals surface area contributed by atoms with Crippen molar-refractivity contribution in [2.45, 2.75) is 26.5 Å². The van der Waals surface area contributed by atoms with E-state index in [2.05, 4.69) is 15.0 Å². The van der Waals surface area contributed by atoms with Gasteiger partial charge in [-0.05, 0) is 25.0 Å². The van der Waals surface area contributed by atoms with Crippen molar-refractivity contribution in [2.24, 2.45) is 0 Å². The normalized spacial score (nSPS) is 18.2. The van der Waals surface area contributed by atoms with E-state index in [1.165, 1.54) is 6.20 Å². The summed E-state index contributed by atoms with van der Waals surface area (Å²) in [6.07, 6.45) is 5.13. The molecule has 0 radical (unpaired) electrons. The van der Waals surface area contributed by atoms with Crippen molar-refractivity contribution in [3.63, 3.8) is 0 Å².